The highest BCUT2D eigenvalue weighted by atomic mass is 32.2. The molecule has 2 rings (SSSR count). The Labute approximate surface area is 103 Å². The fraction of sp³-hybridized carbons (Fsp3) is 0.917. The molecule has 0 aromatic rings. The first kappa shape index (κ1) is 12.9. The Kier molecular flexibility index (Phi) is 3.76. The minimum absolute atomic E-state index is 0.243. The van der Waals surface area contributed by atoms with Crippen molar-refractivity contribution >= 4 is 15.7 Å². The van der Waals surface area contributed by atoms with Crippen LogP contribution in [0, 0.1) is 11.8 Å². The molecule has 1 amide bonds. The number of carbonyl (C=O) groups excluding carboxylic acids is 1. The maximum atomic E-state index is 11.4. The average Bonchev–Trinajstić information content (AvgIpc) is 2.95. The fourth-order valence-electron chi connectivity index (χ4n) is 2.95. The van der Waals surface area contributed by atoms with Gasteiger partial charge in [0.25, 0.3) is 0 Å². The van der Waals surface area contributed by atoms with E-state index in [0.717, 1.165) is 18.6 Å². The first-order chi connectivity index (χ1) is 7.96. The van der Waals surface area contributed by atoms with Crippen molar-refractivity contribution in [2.24, 2.45) is 11.8 Å². The van der Waals surface area contributed by atoms with E-state index in [1.165, 1.54) is 32.1 Å². The third-order valence-corrected chi connectivity index (χ3v) is 4.62. The number of hydrogen-bond donors (Lipinski definition) is 1. The van der Waals surface area contributed by atoms with Crippen LogP contribution in [-0.4, -0.2) is 32.4 Å². The van der Waals surface area contributed by atoms with Crippen molar-refractivity contribution in [3.63, 3.8) is 0 Å². The number of amides is 1. The molecular weight excluding hydrogens is 238 g/mol. The number of rotatable bonds is 4. The molecule has 2 atom stereocenters. The molecule has 0 spiro atoms. The monoisotopic (exact) mass is 259 g/mol. The zero-order valence-electron chi connectivity index (χ0n) is 10.3. The Balaban J connectivity index is 1.74. The lowest BCUT2D eigenvalue weighted by Gasteiger charge is -2.21. The maximum absolute atomic E-state index is 11.4. The summed E-state index contributed by atoms with van der Waals surface area (Å²) in [6.07, 6.45) is 8.66. The van der Waals surface area contributed by atoms with Crippen molar-refractivity contribution in [2.75, 3.05) is 12.0 Å². The van der Waals surface area contributed by atoms with Gasteiger partial charge in [-0.15, -0.1) is 0 Å². The zero-order chi connectivity index (χ0) is 12.5. The summed E-state index contributed by atoms with van der Waals surface area (Å²) in [5.41, 5.74) is 0. The van der Waals surface area contributed by atoms with Gasteiger partial charge in [-0.25, -0.2) is 8.42 Å². The van der Waals surface area contributed by atoms with Gasteiger partial charge < -0.3 is 5.32 Å². The first-order valence-corrected chi connectivity index (χ1v) is 8.49. The molecule has 0 heterocycles. The molecule has 1 N–H and O–H groups in total. The van der Waals surface area contributed by atoms with Crippen molar-refractivity contribution in [3.05, 3.63) is 0 Å². The Bertz CT molecular complexity index is 385. The summed E-state index contributed by atoms with van der Waals surface area (Å²) >= 11 is 0. The average molecular weight is 259 g/mol. The summed E-state index contributed by atoms with van der Waals surface area (Å²) in [6.45, 7) is 0. The molecule has 0 radical (unpaired) electrons. The molecule has 98 valence electrons. The van der Waals surface area contributed by atoms with Gasteiger partial charge in [-0.3, -0.25) is 4.79 Å². The fourth-order valence-corrected chi connectivity index (χ4v) is 3.51. The molecule has 0 aliphatic heterocycles. The van der Waals surface area contributed by atoms with E-state index in [0.29, 0.717) is 5.92 Å². The van der Waals surface area contributed by atoms with E-state index >= 15 is 0 Å². The van der Waals surface area contributed by atoms with Gasteiger partial charge in [-0.2, -0.15) is 0 Å². The van der Waals surface area contributed by atoms with Crippen molar-refractivity contribution in [3.8, 4) is 0 Å². The van der Waals surface area contributed by atoms with E-state index < -0.39 is 9.84 Å². The number of nitrogens with one attached hydrogen (secondary N) is 1. The molecule has 4 nitrogen and oxygen atoms in total. The quantitative estimate of drug-likeness (QED) is 0.823. The Morgan fingerprint density at radius 2 is 1.88 bits per heavy atom. The van der Waals surface area contributed by atoms with Gasteiger partial charge in [0.05, 0.1) is 0 Å². The van der Waals surface area contributed by atoms with Crippen LogP contribution < -0.4 is 5.32 Å². The molecule has 17 heavy (non-hydrogen) atoms. The first-order valence-electron chi connectivity index (χ1n) is 6.43. The van der Waals surface area contributed by atoms with Gasteiger partial charge in [0, 0.05) is 12.3 Å². The largest absolute Gasteiger partial charge is 0.352 e. The lowest BCUT2D eigenvalue weighted by molar-refractivity contribution is -0.118. The molecule has 2 unspecified atom stereocenters. The Morgan fingerprint density at radius 3 is 2.47 bits per heavy atom. The molecule has 2 aliphatic carbocycles. The molecule has 0 aromatic carbocycles. The Hall–Kier alpha value is -0.580. The summed E-state index contributed by atoms with van der Waals surface area (Å²) in [7, 11) is -3.20. The van der Waals surface area contributed by atoms with Crippen molar-refractivity contribution < 1.29 is 13.2 Å². The summed E-state index contributed by atoms with van der Waals surface area (Å²) in [5.74, 6) is 0.655. The van der Waals surface area contributed by atoms with Gasteiger partial charge in [0.1, 0.15) is 5.75 Å². The van der Waals surface area contributed by atoms with Crippen LogP contribution in [-0.2, 0) is 14.6 Å². The van der Waals surface area contributed by atoms with Crippen molar-refractivity contribution in [1.29, 1.82) is 0 Å². The second kappa shape index (κ2) is 4.96. The molecule has 2 fully saturated rings. The van der Waals surface area contributed by atoms with Gasteiger partial charge in [0.15, 0.2) is 9.84 Å². The molecule has 2 aliphatic rings. The van der Waals surface area contributed by atoms with Crippen LogP contribution in [0.15, 0.2) is 0 Å². The summed E-state index contributed by atoms with van der Waals surface area (Å²) in [4.78, 5) is 11.4. The molecular formula is C12H21NO3S. The second-order valence-electron chi connectivity index (χ2n) is 5.54. The van der Waals surface area contributed by atoms with E-state index in [1.807, 2.05) is 0 Å². The van der Waals surface area contributed by atoms with Crippen LogP contribution in [0.3, 0.4) is 0 Å². The smallest absolute Gasteiger partial charge is 0.235 e. The topological polar surface area (TPSA) is 63.2 Å². The van der Waals surface area contributed by atoms with Gasteiger partial charge in [-0.05, 0) is 18.3 Å². The highest BCUT2D eigenvalue weighted by Gasteiger charge is 2.43. The van der Waals surface area contributed by atoms with Crippen LogP contribution in [0.4, 0.5) is 0 Å². The van der Waals surface area contributed by atoms with E-state index in [-0.39, 0.29) is 17.7 Å². The summed E-state index contributed by atoms with van der Waals surface area (Å²) in [6, 6.07) is 0.243. The van der Waals surface area contributed by atoms with E-state index in [4.69, 9.17) is 0 Å². The van der Waals surface area contributed by atoms with Crippen LogP contribution in [0.1, 0.15) is 38.5 Å². The molecule has 0 aromatic heterocycles. The highest BCUT2D eigenvalue weighted by Crippen LogP contribution is 2.44. The van der Waals surface area contributed by atoms with Crippen LogP contribution >= 0.6 is 0 Å². The molecule has 2 saturated carbocycles. The molecule has 0 bridgehead atoms. The third kappa shape index (κ3) is 3.98. The lowest BCUT2D eigenvalue weighted by atomic mass is 9.85. The molecule has 0 saturated heterocycles. The predicted octanol–water partition coefficient (Wildman–Crippen LogP) is 1.12. The third-order valence-electron chi connectivity index (χ3n) is 3.83. The maximum Gasteiger partial charge on any atom is 0.235 e. The summed E-state index contributed by atoms with van der Waals surface area (Å²) < 4.78 is 21.9. The highest BCUT2D eigenvalue weighted by molar-refractivity contribution is 7.91. The minimum atomic E-state index is -3.20. The minimum Gasteiger partial charge on any atom is -0.352 e. The van der Waals surface area contributed by atoms with Crippen molar-refractivity contribution in [2.45, 2.75) is 44.6 Å². The zero-order valence-corrected chi connectivity index (χ0v) is 11.1. The van der Waals surface area contributed by atoms with Gasteiger partial charge in [0.2, 0.25) is 5.91 Å². The number of hydrogen-bond acceptors (Lipinski definition) is 3. The van der Waals surface area contributed by atoms with Crippen LogP contribution in [0.25, 0.3) is 0 Å². The van der Waals surface area contributed by atoms with E-state index in [1.54, 1.807) is 0 Å². The Morgan fingerprint density at radius 1 is 1.24 bits per heavy atom. The van der Waals surface area contributed by atoms with Crippen LogP contribution in [0.5, 0.6) is 0 Å². The van der Waals surface area contributed by atoms with E-state index in [2.05, 4.69) is 5.32 Å². The SMILES string of the molecule is CS(=O)(=O)CC(=O)NC1CC1C1CCCCC1. The summed E-state index contributed by atoms with van der Waals surface area (Å²) in [5, 5.41) is 2.84. The predicted molar refractivity (Wildman–Crippen MR) is 66.3 cm³/mol. The second-order valence-corrected chi connectivity index (χ2v) is 7.68. The van der Waals surface area contributed by atoms with Gasteiger partial charge >= 0.3 is 0 Å². The van der Waals surface area contributed by atoms with E-state index in [9.17, 15) is 13.2 Å². The molecule has 5 heteroatoms. The lowest BCUT2D eigenvalue weighted by Crippen LogP contribution is -2.33. The van der Waals surface area contributed by atoms with Crippen molar-refractivity contribution in [1.82, 2.24) is 5.32 Å². The number of sulfone groups is 1. The normalized spacial score (nSPS) is 29.9. The van der Waals surface area contributed by atoms with Gasteiger partial charge in [-0.1, -0.05) is 32.1 Å². The van der Waals surface area contributed by atoms with Crippen LogP contribution in [0.2, 0.25) is 0 Å². The standard InChI is InChI=1S/C12H21NO3S/c1-17(15,16)8-12(14)13-11-7-10(11)9-5-3-2-4-6-9/h9-11H,2-8H2,1H3,(H,13,14). The number of carbonyl (C=O) groups is 1.